The van der Waals surface area contributed by atoms with Crippen molar-refractivity contribution >= 4 is 0 Å². The van der Waals surface area contributed by atoms with Crippen LogP contribution in [-0.4, -0.2) is 30.6 Å². The first kappa shape index (κ1) is 5.54. The molecule has 3 nitrogen and oxygen atoms in total. The molecular weight excluding hydrogens is 102 g/mol. The maximum Gasteiger partial charge on any atom is 0.129 e. The molecule has 0 bridgehead atoms. The molecule has 3 heteroatoms. The fraction of sp³-hybridized carbons (Fsp3) is 0.800. The molecule has 0 radical (unpaired) electrons. The Kier molecular flexibility index (Phi) is 0.999. The van der Waals surface area contributed by atoms with Crippen molar-refractivity contribution in [3.63, 3.8) is 0 Å². The molecule has 0 aromatic heterocycles. The highest BCUT2D eigenvalue weighted by molar-refractivity contribution is 5.14. The molecule has 1 fully saturated rings. The molecule has 1 heterocycles. The molecule has 1 aliphatic heterocycles. The van der Waals surface area contributed by atoms with Gasteiger partial charge in [0.15, 0.2) is 0 Å². The fourth-order valence-corrected chi connectivity index (χ4v) is 0.988. The molecule has 0 saturated carbocycles. The summed E-state index contributed by atoms with van der Waals surface area (Å²) in [5, 5.41) is 8.36. The van der Waals surface area contributed by atoms with Gasteiger partial charge in [-0.2, -0.15) is 5.26 Å². The van der Waals surface area contributed by atoms with Gasteiger partial charge in [-0.05, 0) is 7.05 Å². The van der Waals surface area contributed by atoms with Crippen molar-refractivity contribution in [3.05, 3.63) is 0 Å². The Morgan fingerprint density at radius 1 is 1.75 bits per heavy atom. The highest BCUT2D eigenvalue weighted by atomic mass is 15.2. The van der Waals surface area contributed by atoms with Crippen molar-refractivity contribution in [2.24, 2.45) is 5.73 Å². The van der Waals surface area contributed by atoms with Crippen molar-refractivity contribution in [2.45, 2.75) is 5.54 Å². The maximum absolute atomic E-state index is 8.36. The molecule has 0 aromatic rings. The molecule has 0 amide bonds. The van der Waals surface area contributed by atoms with Crippen LogP contribution in [0.3, 0.4) is 0 Å². The third-order valence-corrected chi connectivity index (χ3v) is 1.33. The SMILES string of the molecule is CN1CC(N)(C#N)C1. The molecule has 0 atom stereocenters. The van der Waals surface area contributed by atoms with Crippen LogP contribution in [-0.2, 0) is 0 Å². The van der Waals surface area contributed by atoms with Crippen molar-refractivity contribution < 1.29 is 0 Å². The molecule has 8 heavy (non-hydrogen) atoms. The van der Waals surface area contributed by atoms with Crippen LogP contribution in [0.5, 0.6) is 0 Å². The van der Waals surface area contributed by atoms with Crippen LogP contribution >= 0.6 is 0 Å². The van der Waals surface area contributed by atoms with Crippen molar-refractivity contribution in [1.82, 2.24) is 4.90 Å². The van der Waals surface area contributed by atoms with E-state index in [4.69, 9.17) is 11.0 Å². The average Bonchev–Trinajstić information content (AvgIpc) is 1.63. The number of hydrogen-bond donors (Lipinski definition) is 1. The molecular formula is C5H9N3. The smallest absolute Gasteiger partial charge is 0.129 e. The second-order valence-corrected chi connectivity index (χ2v) is 2.44. The van der Waals surface area contributed by atoms with Crippen LogP contribution in [0, 0.1) is 11.3 Å². The molecule has 1 aliphatic rings. The van der Waals surface area contributed by atoms with Crippen LogP contribution in [0.1, 0.15) is 0 Å². The highest BCUT2D eigenvalue weighted by Crippen LogP contribution is 2.13. The molecule has 1 rings (SSSR count). The largest absolute Gasteiger partial charge is 0.311 e. The van der Waals surface area contributed by atoms with E-state index in [1.54, 1.807) is 0 Å². The highest BCUT2D eigenvalue weighted by Gasteiger charge is 2.36. The summed E-state index contributed by atoms with van der Waals surface area (Å²) in [6.45, 7) is 1.42. The Hall–Kier alpha value is -0.590. The van der Waals surface area contributed by atoms with E-state index in [-0.39, 0.29) is 0 Å². The van der Waals surface area contributed by atoms with E-state index in [1.165, 1.54) is 0 Å². The predicted molar refractivity (Wildman–Crippen MR) is 30.0 cm³/mol. The third-order valence-electron chi connectivity index (χ3n) is 1.33. The third kappa shape index (κ3) is 0.683. The predicted octanol–water partition coefficient (Wildman–Crippen LogP) is -0.847. The molecule has 0 aliphatic carbocycles. The Labute approximate surface area is 48.7 Å². The fourth-order valence-electron chi connectivity index (χ4n) is 0.988. The Morgan fingerprint density at radius 3 is 2.38 bits per heavy atom. The van der Waals surface area contributed by atoms with Gasteiger partial charge in [0, 0.05) is 13.1 Å². The summed E-state index contributed by atoms with van der Waals surface area (Å²) in [6, 6.07) is 2.04. The van der Waals surface area contributed by atoms with E-state index in [1.807, 2.05) is 18.0 Å². The topological polar surface area (TPSA) is 53.0 Å². The van der Waals surface area contributed by atoms with Crippen LogP contribution in [0.4, 0.5) is 0 Å². The lowest BCUT2D eigenvalue weighted by Gasteiger charge is -2.40. The van der Waals surface area contributed by atoms with Crippen molar-refractivity contribution in [3.8, 4) is 6.07 Å². The van der Waals surface area contributed by atoms with E-state index in [0.29, 0.717) is 13.1 Å². The zero-order chi connectivity index (χ0) is 6.20. The Morgan fingerprint density at radius 2 is 2.25 bits per heavy atom. The van der Waals surface area contributed by atoms with Crippen LogP contribution in [0.2, 0.25) is 0 Å². The summed E-state index contributed by atoms with van der Waals surface area (Å²) in [5.74, 6) is 0. The number of nitriles is 1. The maximum atomic E-state index is 8.36. The van der Waals surface area contributed by atoms with E-state index in [9.17, 15) is 0 Å². The Bertz CT molecular complexity index is 129. The Balaban J connectivity index is 2.44. The van der Waals surface area contributed by atoms with Crippen molar-refractivity contribution in [2.75, 3.05) is 20.1 Å². The second kappa shape index (κ2) is 1.44. The number of rotatable bonds is 0. The molecule has 0 spiro atoms. The van der Waals surface area contributed by atoms with E-state index < -0.39 is 5.54 Å². The standard InChI is InChI=1S/C5H9N3/c1-8-3-5(7,2-6)4-8/h3-4,7H2,1H3. The minimum absolute atomic E-state index is 0.533. The van der Waals surface area contributed by atoms with Gasteiger partial charge in [-0.25, -0.2) is 0 Å². The van der Waals surface area contributed by atoms with Gasteiger partial charge in [-0.15, -0.1) is 0 Å². The van der Waals surface area contributed by atoms with E-state index >= 15 is 0 Å². The lowest BCUT2D eigenvalue weighted by Crippen LogP contribution is -2.64. The van der Waals surface area contributed by atoms with Gasteiger partial charge in [0.1, 0.15) is 5.54 Å². The zero-order valence-corrected chi connectivity index (χ0v) is 4.89. The second-order valence-electron chi connectivity index (χ2n) is 2.44. The summed E-state index contributed by atoms with van der Waals surface area (Å²) < 4.78 is 0. The summed E-state index contributed by atoms with van der Waals surface area (Å²) in [7, 11) is 1.95. The normalized spacial score (nSPS) is 26.1. The quantitative estimate of drug-likeness (QED) is 0.443. The minimum Gasteiger partial charge on any atom is -0.311 e. The number of hydrogen-bond acceptors (Lipinski definition) is 3. The first-order chi connectivity index (χ1) is 3.66. The summed E-state index contributed by atoms with van der Waals surface area (Å²) in [5.41, 5.74) is 4.96. The molecule has 0 unspecified atom stereocenters. The summed E-state index contributed by atoms with van der Waals surface area (Å²) in [6.07, 6.45) is 0. The molecule has 44 valence electrons. The number of likely N-dealkylation sites (tertiary alicyclic amines) is 1. The monoisotopic (exact) mass is 111 g/mol. The van der Waals surface area contributed by atoms with Crippen LogP contribution in [0.15, 0.2) is 0 Å². The molecule has 1 saturated heterocycles. The van der Waals surface area contributed by atoms with E-state index in [0.717, 1.165) is 0 Å². The lowest BCUT2D eigenvalue weighted by molar-refractivity contribution is 0.143. The van der Waals surface area contributed by atoms with Gasteiger partial charge in [-0.3, -0.25) is 0 Å². The summed E-state index contributed by atoms with van der Waals surface area (Å²) >= 11 is 0. The van der Waals surface area contributed by atoms with Gasteiger partial charge in [0.25, 0.3) is 0 Å². The first-order valence-corrected chi connectivity index (χ1v) is 2.55. The number of nitrogens with zero attached hydrogens (tertiary/aromatic N) is 2. The van der Waals surface area contributed by atoms with Gasteiger partial charge < -0.3 is 10.6 Å². The minimum atomic E-state index is -0.533. The number of nitrogens with two attached hydrogens (primary N) is 1. The summed E-state index contributed by atoms with van der Waals surface area (Å²) in [4.78, 5) is 2.02. The molecule has 2 N–H and O–H groups in total. The van der Waals surface area contributed by atoms with Crippen LogP contribution < -0.4 is 5.73 Å². The van der Waals surface area contributed by atoms with Gasteiger partial charge in [-0.1, -0.05) is 0 Å². The lowest BCUT2D eigenvalue weighted by atomic mass is 9.94. The first-order valence-electron chi connectivity index (χ1n) is 2.55. The van der Waals surface area contributed by atoms with Gasteiger partial charge in [0.05, 0.1) is 6.07 Å². The number of likely N-dealkylation sites (N-methyl/N-ethyl adjacent to an activating group) is 1. The van der Waals surface area contributed by atoms with Crippen molar-refractivity contribution in [1.29, 1.82) is 5.26 Å². The zero-order valence-electron chi connectivity index (χ0n) is 4.89. The molecule has 0 aromatic carbocycles. The van der Waals surface area contributed by atoms with Gasteiger partial charge >= 0.3 is 0 Å². The van der Waals surface area contributed by atoms with Crippen LogP contribution in [0.25, 0.3) is 0 Å². The van der Waals surface area contributed by atoms with E-state index in [2.05, 4.69) is 0 Å². The average molecular weight is 111 g/mol. The van der Waals surface area contributed by atoms with Gasteiger partial charge in [0.2, 0.25) is 0 Å².